The van der Waals surface area contributed by atoms with E-state index in [0.717, 1.165) is 30.6 Å². The van der Waals surface area contributed by atoms with Crippen LogP contribution in [0.3, 0.4) is 0 Å². The van der Waals surface area contributed by atoms with E-state index in [0.29, 0.717) is 6.04 Å². The molecule has 0 atom stereocenters. The van der Waals surface area contributed by atoms with Gasteiger partial charge in [-0.05, 0) is 37.8 Å². The van der Waals surface area contributed by atoms with E-state index < -0.39 is 5.97 Å². The third-order valence-corrected chi connectivity index (χ3v) is 3.62. The highest BCUT2D eigenvalue weighted by molar-refractivity contribution is 5.76. The van der Waals surface area contributed by atoms with E-state index in [4.69, 9.17) is 10.1 Å². The zero-order valence-corrected chi connectivity index (χ0v) is 10.9. The van der Waals surface area contributed by atoms with Gasteiger partial charge >= 0.3 is 5.97 Å². The van der Waals surface area contributed by atoms with Gasteiger partial charge in [0.25, 0.3) is 0 Å². The second-order valence-electron chi connectivity index (χ2n) is 5.22. The van der Waals surface area contributed by atoms with E-state index in [9.17, 15) is 4.79 Å². The topological polar surface area (TPSA) is 55.1 Å². The Kier molecular flexibility index (Phi) is 3.23. The second kappa shape index (κ2) is 5.03. The summed E-state index contributed by atoms with van der Waals surface area (Å²) in [6.45, 7) is 0. The number of aliphatic carboxylic acids is 1. The van der Waals surface area contributed by atoms with Crippen molar-refractivity contribution in [2.75, 3.05) is 0 Å². The number of para-hydroxylation sites is 2. The van der Waals surface area contributed by atoms with Gasteiger partial charge < -0.3 is 9.67 Å². The van der Waals surface area contributed by atoms with E-state index in [2.05, 4.69) is 22.8 Å². The van der Waals surface area contributed by atoms with Crippen LogP contribution in [0.1, 0.15) is 44.0 Å². The molecule has 1 aromatic carbocycles. The average Bonchev–Trinajstić information content (AvgIpc) is 3.15. The van der Waals surface area contributed by atoms with Gasteiger partial charge in [-0.15, -0.1) is 0 Å². The van der Waals surface area contributed by atoms with Crippen molar-refractivity contribution >= 4 is 17.0 Å². The average molecular weight is 258 g/mol. The minimum absolute atomic E-state index is 0.254. The summed E-state index contributed by atoms with van der Waals surface area (Å²) in [4.78, 5) is 15.2. The van der Waals surface area contributed by atoms with Crippen LogP contribution in [0.4, 0.5) is 0 Å². The molecular formula is C15H18N2O2. The molecule has 3 rings (SSSR count). The Hall–Kier alpha value is -1.84. The van der Waals surface area contributed by atoms with E-state index in [1.807, 2.05) is 6.07 Å². The van der Waals surface area contributed by atoms with Crippen LogP contribution in [0, 0.1) is 0 Å². The summed E-state index contributed by atoms with van der Waals surface area (Å²) in [6, 6.07) is 8.86. The third kappa shape index (κ3) is 2.62. The van der Waals surface area contributed by atoms with Crippen LogP contribution in [-0.4, -0.2) is 20.6 Å². The fourth-order valence-electron chi connectivity index (χ4n) is 2.57. The predicted molar refractivity (Wildman–Crippen MR) is 73.2 cm³/mol. The molecule has 1 aliphatic carbocycles. The van der Waals surface area contributed by atoms with Crippen LogP contribution in [-0.2, 0) is 11.2 Å². The van der Waals surface area contributed by atoms with Gasteiger partial charge in [0.2, 0.25) is 0 Å². The molecule has 1 N–H and O–H groups in total. The minimum atomic E-state index is -0.712. The summed E-state index contributed by atoms with van der Waals surface area (Å²) in [5, 5.41) is 8.66. The number of hydrogen-bond acceptors (Lipinski definition) is 2. The van der Waals surface area contributed by atoms with Crippen molar-refractivity contribution in [1.29, 1.82) is 0 Å². The summed E-state index contributed by atoms with van der Waals surface area (Å²) < 4.78 is 2.36. The van der Waals surface area contributed by atoms with Crippen LogP contribution >= 0.6 is 0 Å². The largest absolute Gasteiger partial charge is 0.481 e. The van der Waals surface area contributed by atoms with Gasteiger partial charge in [0.15, 0.2) is 0 Å². The smallest absolute Gasteiger partial charge is 0.303 e. The molecule has 0 unspecified atom stereocenters. The zero-order chi connectivity index (χ0) is 13.2. The molecule has 100 valence electrons. The van der Waals surface area contributed by atoms with Crippen molar-refractivity contribution in [3.8, 4) is 0 Å². The standard InChI is InChI=1S/C15H18N2O2/c18-15(19)8-4-3-7-14-16-12-5-1-2-6-13(12)17(14)11-9-10-11/h1-2,5-6,11H,3-4,7-10H2,(H,18,19). The molecule has 2 aromatic rings. The zero-order valence-electron chi connectivity index (χ0n) is 10.9. The van der Waals surface area contributed by atoms with E-state index in [1.165, 1.54) is 18.4 Å². The summed E-state index contributed by atoms with van der Waals surface area (Å²) in [5.74, 6) is 0.407. The molecule has 0 saturated heterocycles. The normalized spacial score (nSPS) is 14.9. The lowest BCUT2D eigenvalue weighted by molar-refractivity contribution is -0.137. The van der Waals surface area contributed by atoms with Crippen molar-refractivity contribution < 1.29 is 9.90 Å². The number of aryl methyl sites for hydroxylation is 1. The molecule has 19 heavy (non-hydrogen) atoms. The molecule has 1 fully saturated rings. The Morgan fingerprint density at radius 1 is 1.32 bits per heavy atom. The van der Waals surface area contributed by atoms with E-state index in [-0.39, 0.29) is 6.42 Å². The fraction of sp³-hybridized carbons (Fsp3) is 0.467. The maximum atomic E-state index is 10.5. The molecular weight excluding hydrogens is 240 g/mol. The molecule has 1 aliphatic rings. The van der Waals surface area contributed by atoms with Crippen molar-refractivity contribution in [2.45, 2.75) is 44.6 Å². The van der Waals surface area contributed by atoms with Gasteiger partial charge in [0.1, 0.15) is 5.82 Å². The first-order valence-electron chi connectivity index (χ1n) is 6.93. The lowest BCUT2D eigenvalue weighted by Gasteiger charge is -2.07. The van der Waals surface area contributed by atoms with Crippen LogP contribution in [0.25, 0.3) is 11.0 Å². The van der Waals surface area contributed by atoms with E-state index >= 15 is 0 Å². The van der Waals surface area contributed by atoms with Crippen molar-refractivity contribution in [3.05, 3.63) is 30.1 Å². The van der Waals surface area contributed by atoms with Gasteiger partial charge in [-0.3, -0.25) is 4.79 Å². The number of aromatic nitrogens is 2. The number of carboxylic acids is 1. The van der Waals surface area contributed by atoms with Gasteiger partial charge in [-0.1, -0.05) is 12.1 Å². The number of imidazole rings is 1. The Morgan fingerprint density at radius 2 is 2.11 bits per heavy atom. The molecule has 4 nitrogen and oxygen atoms in total. The predicted octanol–water partition coefficient (Wildman–Crippen LogP) is 3.17. The Balaban J connectivity index is 1.78. The first kappa shape index (κ1) is 12.2. The third-order valence-electron chi connectivity index (χ3n) is 3.62. The maximum Gasteiger partial charge on any atom is 0.303 e. The Labute approximate surface area is 112 Å². The number of carboxylic acid groups (broad SMARTS) is 1. The number of hydrogen-bond donors (Lipinski definition) is 1. The van der Waals surface area contributed by atoms with Crippen LogP contribution in [0.5, 0.6) is 0 Å². The minimum Gasteiger partial charge on any atom is -0.481 e. The number of carbonyl (C=O) groups is 1. The molecule has 0 aliphatic heterocycles. The van der Waals surface area contributed by atoms with Gasteiger partial charge in [0, 0.05) is 18.9 Å². The highest BCUT2D eigenvalue weighted by atomic mass is 16.4. The van der Waals surface area contributed by atoms with E-state index in [1.54, 1.807) is 0 Å². The quantitative estimate of drug-likeness (QED) is 0.810. The summed E-state index contributed by atoms with van der Waals surface area (Å²) in [5.41, 5.74) is 2.28. The SMILES string of the molecule is O=C(O)CCCCc1nc2ccccc2n1C1CC1. The Bertz CT molecular complexity index is 599. The molecule has 1 saturated carbocycles. The number of nitrogens with zero attached hydrogens (tertiary/aromatic N) is 2. The Morgan fingerprint density at radius 3 is 2.84 bits per heavy atom. The van der Waals surface area contributed by atoms with Crippen LogP contribution < -0.4 is 0 Å². The molecule has 0 radical (unpaired) electrons. The highest BCUT2D eigenvalue weighted by Gasteiger charge is 2.27. The first-order valence-corrected chi connectivity index (χ1v) is 6.93. The number of rotatable bonds is 6. The molecule has 0 amide bonds. The van der Waals surface area contributed by atoms with Crippen molar-refractivity contribution in [3.63, 3.8) is 0 Å². The van der Waals surface area contributed by atoms with Crippen LogP contribution in [0.15, 0.2) is 24.3 Å². The monoisotopic (exact) mass is 258 g/mol. The molecule has 1 aromatic heterocycles. The number of fused-ring (bicyclic) bond motifs is 1. The second-order valence-corrected chi connectivity index (χ2v) is 5.22. The lowest BCUT2D eigenvalue weighted by Crippen LogP contribution is -2.02. The molecule has 0 bridgehead atoms. The van der Waals surface area contributed by atoms with Crippen LogP contribution in [0.2, 0.25) is 0 Å². The molecule has 1 heterocycles. The summed E-state index contributed by atoms with van der Waals surface area (Å²) in [7, 11) is 0. The summed E-state index contributed by atoms with van der Waals surface area (Å²) >= 11 is 0. The van der Waals surface area contributed by atoms with Gasteiger partial charge in [-0.2, -0.15) is 0 Å². The van der Waals surface area contributed by atoms with Crippen molar-refractivity contribution in [2.24, 2.45) is 0 Å². The number of unbranched alkanes of at least 4 members (excludes halogenated alkanes) is 1. The maximum absolute atomic E-state index is 10.5. The summed E-state index contributed by atoms with van der Waals surface area (Å²) in [6.07, 6.45) is 5.22. The van der Waals surface area contributed by atoms with Crippen molar-refractivity contribution in [1.82, 2.24) is 9.55 Å². The molecule has 4 heteroatoms. The lowest BCUT2D eigenvalue weighted by atomic mass is 10.2. The first-order chi connectivity index (χ1) is 9.25. The number of benzene rings is 1. The van der Waals surface area contributed by atoms with Gasteiger partial charge in [0.05, 0.1) is 11.0 Å². The molecule has 0 spiro atoms. The van der Waals surface area contributed by atoms with Gasteiger partial charge in [-0.25, -0.2) is 4.98 Å². The highest BCUT2D eigenvalue weighted by Crippen LogP contribution is 2.38. The fourth-order valence-corrected chi connectivity index (χ4v) is 2.57.